The summed E-state index contributed by atoms with van der Waals surface area (Å²) in [6.45, 7) is 6.12. The van der Waals surface area contributed by atoms with Gasteiger partial charge in [-0.25, -0.2) is 0 Å². The van der Waals surface area contributed by atoms with Crippen LogP contribution in [-0.2, 0) is 0 Å². The Morgan fingerprint density at radius 3 is 2.80 bits per heavy atom. The first-order valence-corrected chi connectivity index (χ1v) is 6.28. The second kappa shape index (κ2) is 4.40. The van der Waals surface area contributed by atoms with E-state index in [0.717, 1.165) is 45.1 Å². The van der Waals surface area contributed by atoms with Gasteiger partial charge in [-0.15, -0.1) is 0 Å². The second-order valence-corrected chi connectivity index (χ2v) is 5.34. The number of likely N-dealkylation sites (tertiary alicyclic amines) is 1. The predicted octanol–water partition coefficient (Wildman–Crippen LogP) is 0.927. The van der Waals surface area contributed by atoms with Crippen LogP contribution in [0, 0.1) is 0 Å². The fourth-order valence-electron chi connectivity index (χ4n) is 2.71. The summed E-state index contributed by atoms with van der Waals surface area (Å²) in [4.78, 5) is 4.71. The molecule has 1 saturated carbocycles. The van der Waals surface area contributed by atoms with Crippen LogP contribution in [0.1, 0.15) is 32.6 Å². The Balaban J connectivity index is 1.86. The Morgan fingerprint density at radius 1 is 1.47 bits per heavy atom. The van der Waals surface area contributed by atoms with Gasteiger partial charge in [-0.1, -0.05) is 6.92 Å². The van der Waals surface area contributed by atoms with Crippen molar-refractivity contribution in [3.8, 4) is 0 Å². The van der Waals surface area contributed by atoms with Gasteiger partial charge in [0.1, 0.15) is 0 Å². The highest BCUT2D eigenvalue weighted by atomic mass is 16.3. The number of likely N-dealkylation sites (N-methyl/N-ethyl adjacent to an activating group) is 2. The van der Waals surface area contributed by atoms with E-state index in [0.29, 0.717) is 0 Å². The third-order valence-electron chi connectivity index (χ3n) is 3.80. The van der Waals surface area contributed by atoms with Gasteiger partial charge in [-0.2, -0.15) is 0 Å². The van der Waals surface area contributed by atoms with Crippen LogP contribution in [-0.4, -0.2) is 59.8 Å². The van der Waals surface area contributed by atoms with Crippen molar-refractivity contribution in [2.75, 3.05) is 33.2 Å². The van der Waals surface area contributed by atoms with Crippen LogP contribution in [0.5, 0.6) is 0 Å². The Labute approximate surface area is 93.1 Å². The lowest BCUT2D eigenvalue weighted by molar-refractivity contribution is -0.0493. The molecule has 2 fully saturated rings. The molecule has 0 radical (unpaired) electrons. The topological polar surface area (TPSA) is 26.7 Å². The van der Waals surface area contributed by atoms with E-state index in [4.69, 9.17) is 0 Å². The van der Waals surface area contributed by atoms with Crippen molar-refractivity contribution in [1.29, 1.82) is 0 Å². The molecule has 1 aliphatic carbocycles. The van der Waals surface area contributed by atoms with Crippen LogP contribution in [0.2, 0.25) is 0 Å². The molecule has 2 aliphatic rings. The van der Waals surface area contributed by atoms with E-state index in [-0.39, 0.29) is 0 Å². The van der Waals surface area contributed by atoms with Gasteiger partial charge >= 0.3 is 0 Å². The van der Waals surface area contributed by atoms with Crippen molar-refractivity contribution >= 4 is 0 Å². The molecule has 0 unspecified atom stereocenters. The lowest BCUT2D eigenvalue weighted by Crippen LogP contribution is -2.53. The van der Waals surface area contributed by atoms with E-state index in [9.17, 15) is 5.11 Å². The van der Waals surface area contributed by atoms with Crippen molar-refractivity contribution in [3.63, 3.8) is 0 Å². The fraction of sp³-hybridized carbons (Fsp3) is 1.00. The largest absolute Gasteiger partial charge is 0.387 e. The normalized spacial score (nSPS) is 33.6. The molecule has 3 heteroatoms. The molecular weight excluding hydrogens is 188 g/mol. The van der Waals surface area contributed by atoms with Crippen LogP contribution in [0.25, 0.3) is 0 Å². The van der Waals surface area contributed by atoms with E-state index in [2.05, 4.69) is 23.8 Å². The number of rotatable bonds is 4. The first-order valence-electron chi connectivity index (χ1n) is 6.28. The summed E-state index contributed by atoms with van der Waals surface area (Å²) < 4.78 is 0. The van der Waals surface area contributed by atoms with Crippen LogP contribution in [0.15, 0.2) is 0 Å². The minimum absolute atomic E-state index is 0.453. The predicted molar refractivity (Wildman–Crippen MR) is 61.9 cm³/mol. The van der Waals surface area contributed by atoms with E-state index in [1.807, 2.05) is 0 Å². The zero-order chi connectivity index (χ0) is 10.9. The monoisotopic (exact) mass is 212 g/mol. The average molecular weight is 212 g/mol. The van der Waals surface area contributed by atoms with E-state index < -0.39 is 5.60 Å². The number of aliphatic hydroxyl groups is 1. The number of hydrogen-bond donors (Lipinski definition) is 1. The number of β-amino-alcohol motifs (C(OH)–C–C–N with tert-alkyl or cyclic N) is 1. The van der Waals surface area contributed by atoms with Gasteiger partial charge in [-0.05, 0) is 45.8 Å². The van der Waals surface area contributed by atoms with Gasteiger partial charge in [0.05, 0.1) is 5.60 Å². The molecule has 0 amide bonds. The van der Waals surface area contributed by atoms with Crippen LogP contribution >= 0.6 is 0 Å². The second-order valence-electron chi connectivity index (χ2n) is 5.34. The minimum atomic E-state index is -0.453. The highest BCUT2D eigenvalue weighted by Crippen LogP contribution is 2.29. The summed E-state index contributed by atoms with van der Waals surface area (Å²) in [6.07, 6.45) is 4.76. The lowest BCUT2D eigenvalue weighted by Gasteiger charge is -2.41. The van der Waals surface area contributed by atoms with Crippen molar-refractivity contribution in [2.24, 2.45) is 0 Å². The van der Waals surface area contributed by atoms with E-state index in [1.165, 1.54) is 12.8 Å². The van der Waals surface area contributed by atoms with E-state index >= 15 is 0 Å². The molecule has 1 heterocycles. The van der Waals surface area contributed by atoms with Crippen molar-refractivity contribution in [2.45, 2.75) is 44.2 Å². The standard InChI is InChI=1S/C12H24N2O/c1-3-14-8-4-7-12(15,10-14)9-13(2)11-5-6-11/h11,15H,3-10H2,1-2H3/t12-/m0/s1. The molecule has 15 heavy (non-hydrogen) atoms. The van der Waals surface area contributed by atoms with Gasteiger partial charge in [0.15, 0.2) is 0 Å². The molecule has 1 atom stereocenters. The summed E-state index contributed by atoms with van der Waals surface area (Å²) in [5.74, 6) is 0. The number of piperidine rings is 1. The zero-order valence-electron chi connectivity index (χ0n) is 10.1. The van der Waals surface area contributed by atoms with Crippen molar-refractivity contribution in [3.05, 3.63) is 0 Å². The molecule has 0 aromatic carbocycles. The maximum Gasteiger partial charge on any atom is 0.0900 e. The smallest absolute Gasteiger partial charge is 0.0900 e. The van der Waals surface area contributed by atoms with Gasteiger partial charge in [0, 0.05) is 19.1 Å². The van der Waals surface area contributed by atoms with E-state index in [1.54, 1.807) is 0 Å². The SMILES string of the molecule is CCN1CCC[C@](O)(CN(C)C2CC2)C1. The highest BCUT2D eigenvalue weighted by molar-refractivity contribution is 4.92. The highest BCUT2D eigenvalue weighted by Gasteiger charge is 2.37. The molecule has 1 N–H and O–H groups in total. The minimum Gasteiger partial charge on any atom is -0.387 e. The summed E-state index contributed by atoms with van der Waals surface area (Å²) in [5, 5.41) is 10.5. The molecule has 0 spiro atoms. The molecule has 2 rings (SSSR count). The summed E-state index contributed by atoms with van der Waals surface area (Å²) in [5.41, 5.74) is -0.453. The van der Waals surface area contributed by atoms with Crippen LogP contribution in [0.3, 0.4) is 0 Å². The first-order chi connectivity index (χ1) is 7.13. The summed E-state index contributed by atoms with van der Waals surface area (Å²) in [7, 11) is 2.15. The maximum atomic E-state index is 10.5. The van der Waals surface area contributed by atoms with Gasteiger partial charge in [0.2, 0.25) is 0 Å². The molecule has 0 aromatic rings. The summed E-state index contributed by atoms with van der Waals surface area (Å²) >= 11 is 0. The molecule has 1 aliphatic heterocycles. The zero-order valence-corrected chi connectivity index (χ0v) is 10.1. The van der Waals surface area contributed by atoms with Crippen LogP contribution < -0.4 is 0 Å². The van der Waals surface area contributed by atoms with Gasteiger partial charge < -0.3 is 14.9 Å². The van der Waals surface area contributed by atoms with Gasteiger partial charge in [-0.3, -0.25) is 0 Å². The Morgan fingerprint density at radius 2 is 2.20 bits per heavy atom. The molecule has 3 nitrogen and oxygen atoms in total. The first kappa shape index (κ1) is 11.4. The maximum absolute atomic E-state index is 10.5. The molecule has 88 valence electrons. The summed E-state index contributed by atoms with van der Waals surface area (Å²) in [6, 6.07) is 0.756. The van der Waals surface area contributed by atoms with Crippen molar-refractivity contribution in [1.82, 2.24) is 9.80 Å². The Bertz CT molecular complexity index is 218. The molecule has 0 aromatic heterocycles. The quantitative estimate of drug-likeness (QED) is 0.751. The molecule has 1 saturated heterocycles. The third kappa shape index (κ3) is 2.92. The molecule has 0 bridgehead atoms. The Kier molecular flexibility index (Phi) is 3.33. The van der Waals surface area contributed by atoms with Crippen LogP contribution in [0.4, 0.5) is 0 Å². The third-order valence-corrected chi connectivity index (χ3v) is 3.80. The number of nitrogens with zero attached hydrogens (tertiary/aromatic N) is 2. The lowest BCUT2D eigenvalue weighted by atomic mass is 9.92. The fourth-order valence-corrected chi connectivity index (χ4v) is 2.71. The van der Waals surface area contributed by atoms with Crippen molar-refractivity contribution < 1.29 is 5.11 Å². The number of hydrogen-bond acceptors (Lipinski definition) is 3. The average Bonchev–Trinajstić information content (AvgIpc) is 3.00. The van der Waals surface area contributed by atoms with Gasteiger partial charge in [0.25, 0.3) is 0 Å². The molecular formula is C12H24N2O. The Hall–Kier alpha value is -0.120.